The Morgan fingerprint density at radius 1 is 1.73 bits per heavy atom. The molecule has 82 valence electrons. The fraction of sp³-hybridized carbons (Fsp3) is 0.583. The molecule has 2 atom stereocenters. The molecule has 0 aromatic carbocycles. The van der Waals surface area contributed by atoms with E-state index < -0.39 is 6.10 Å². The average Bonchev–Trinajstić information content (AvgIpc) is 2.22. The van der Waals surface area contributed by atoms with Gasteiger partial charge >= 0.3 is 5.97 Å². The van der Waals surface area contributed by atoms with Crippen molar-refractivity contribution in [2.45, 2.75) is 45.3 Å². The van der Waals surface area contributed by atoms with Crippen molar-refractivity contribution in [3.8, 4) is 12.3 Å². The van der Waals surface area contributed by atoms with E-state index in [2.05, 4.69) is 5.92 Å². The molecule has 3 heteroatoms. The average molecular weight is 208 g/mol. The van der Waals surface area contributed by atoms with Crippen LogP contribution in [0.25, 0.3) is 0 Å². The summed E-state index contributed by atoms with van der Waals surface area (Å²) < 4.78 is 5.20. The number of esters is 1. The molecule has 3 nitrogen and oxygen atoms in total. The van der Waals surface area contributed by atoms with Crippen molar-refractivity contribution < 1.29 is 14.6 Å². The van der Waals surface area contributed by atoms with Gasteiger partial charge < -0.3 is 9.84 Å². The Balaban J connectivity index is 2.80. The van der Waals surface area contributed by atoms with Gasteiger partial charge in [-0.2, -0.15) is 0 Å². The maximum atomic E-state index is 11.1. The van der Waals surface area contributed by atoms with Crippen LogP contribution in [0.15, 0.2) is 11.1 Å². The van der Waals surface area contributed by atoms with Gasteiger partial charge in [-0.15, -0.1) is 6.42 Å². The van der Waals surface area contributed by atoms with Gasteiger partial charge in [-0.05, 0) is 12.5 Å². The SMILES string of the molecule is C#CC1=C(C)[C@H](OC(=O)CC)C[C@@H](O)C1. The third-order valence-electron chi connectivity index (χ3n) is 2.62. The van der Waals surface area contributed by atoms with E-state index in [1.165, 1.54) is 0 Å². The highest BCUT2D eigenvalue weighted by atomic mass is 16.5. The molecule has 0 fully saturated rings. The van der Waals surface area contributed by atoms with Crippen molar-refractivity contribution in [1.29, 1.82) is 0 Å². The van der Waals surface area contributed by atoms with Crippen LogP contribution in [0.2, 0.25) is 0 Å². The normalized spacial score (nSPS) is 26.0. The van der Waals surface area contributed by atoms with Gasteiger partial charge in [-0.1, -0.05) is 12.8 Å². The first kappa shape index (κ1) is 11.8. The molecule has 0 aromatic rings. The highest BCUT2D eigenvalue weighted by molar-refractivity contribution is 5.69. The van der Waals surface area contributed by atoms with Crippen molar-refractivity contribution in [1.82, 2.24) is 0 Å². The largest absolute Gasteiger partial charge is 0.458 e. The van der Waals surface area contributed by atoms with Crippen LogP contribution in [0.4, 0.5) is 0 Å². The van der Waals surface area contributed by atoms with Gasteiger partial charge in [0.15, 0.2) is 0 Å². The zero-order valence-corrected chi connectivity index (χ0v) is 9.12. The lowest BCUT2D eigenvalue weighted by Crippen LogP contribution is -2.29. The number of aliphatic hydroxyl groups is 1. The molecule has 0 amide bonds. The van der Waals surface area contributed by atoms with Gasteiger partial charge in [0.1, 0.15) is 6.10 Å². The van der Waals surface area contributed by atoms with Crippen LogP contribution in [0, 0.1) is 12.3 Å². The summed E-state index contributed by atoms with van der Waals surface area (Å²) in [5.74, 6) is 2.27. The van der Waals surface area contributed by atoms with E-state index in [0.29, 0.717) is 19.3 Å². The fourth-order valence-corrected chi connectivity index (χ4v) is 1.65. The number of ether oxygens (including phenoxy) is 1. The molecule has 0 spiro atoms. The molecule has 0 saturated carbocycles. The maximum absolute atomic E-state index is 11.1. The fourth-order valence-electron chi connectivity index (χ4n) is 1.65. The zero-order valence-electron chi connectivity index (χ0n) is 9.12. The van der Waals surface area contributed by atoms with Crippen molar-refractivity contribution in [3.05, 3.63) is 11.1 Å². The summed E-state index contributed by atoms with van der Waals surface area (Å²) in [5.41, 5.74) is 1.65. The first-order valence-electron chi connectivity index (χ1n) is 5.12. The van der Waals surface area contributed by atoms with Gasteiger partial charge in [0.05, 0.1) is 6.10 Å². The molecule has 0 bridgehead atoms. The van der Waals surface area contributed by atoms with Gasteiger partial charge in [0, 0.05) is 24.8 Å². The first-order chi connectivity index (χ1) is 7.08. The lowest BCUT2D eigenvalue weighted by atomic mass is 9.89. The molecule has 1 aliphatic rings. The Labute approximate surface area is 90.1 Å². The third-order valence-corrected chi connectivity index (χ3v) is 2.62. The predicted octanol–water partition coefficient (Wildman–Crippen LogP) is 1.41. The molecule has 0 heterocycles. The van der Waals surface area contributed by atoms with E-state index >= 15 is 0 Å². The first-order valence-corrected chi connectivity index (χ1v) is 5.12. The van der Waals surface area contributed by atoms with Crippen LogP contribution >= 0.6 is 0 Å². The van der Waals surface area contributed by atoms with Gasteiger partial charge in [-0.3, -0.25) is 4.79 Å². The maximum Gasteiger partial charge on any atom is 0.306 e. The minimum absolute atomic E-state index is 0.259. The smallest absolute Gasteiger partial charge is 0.306 e. The second-order valence-electron chi connectivity index (χ2n) is 3.73. The van der Waals surface area contributed by atoms with E-state index in [-0.39, 0.29) is 12.1 Å². The number of carbonyl (C=O) groups is 1. The van der Waals surface area contributed by atoms with Gasteiger partial charge in [0.2, 0.25) is 0 Å². The highest BCUT2D eigenvalue weighted by Crippen LogP contribution is 2.27. The summed E-state index contributed by atoms with van der Waals surface area (Å²) in [5, 5.41) is 9.56. The summed E-state index contributed by atoms with van der Waals surface area (Å²) in [6.07, 6.45) is 5.74. The molecule has 0 aromatic heterocycles. The summed E-state index contributed by atoms with van der Waals surface area (Å²) in [7, 11) is 0. The van der Waals surface area contributed by atoms with Crippen LogP contribution < -0.4 is 0 Å². The number of hydrogen-bond acceptors (Lipinski definition) is 3. The summed E-state index contributed by atoms with van der Waals surface area (Å²) >= 11 is 0. The van der Waals surface area contributed by atoms with Gasteiger partial charge in [0.25, 0.3) is 0 Å². The number of rotatable bonds is 2. The van der Waals surface area contributed by atoms with Crippen LogP contribution in [0.1, 0.15) is 33.1 Å². The highest BCUT2D eigenvalue weighted by Gasteiger charge is 2.27. The minimum atomic E-state index is -0.505. The lowest BCUT2D eigenvalue weighted by Gasteiger charge is -2.27. The molecule has 0 unspecified atom stereocenters. The molecule has 0 radical (unpaired) electrons. The monoisotopic (exact) mass is 208 g/mol. The van der Waals surface area contributed by atoms with Crippen molar-refractivity contribution in [3.63, 3.8) is 0 Å². The summed E-state index contributed by atoms with van der Waals surface area (Å²) in [4.78, 5) is 11.1. The summed E-state index contributed by atoms with van der Waals surface area (Å²) in [6, 6.07) is 0. The van der Waals surface area contributed by atoms with Crippen molar-refractivity contribution in [2.24, 2.45) is 0 Å². The number of aliphatic hydroxyl groups excluding tert-OH is 1. The zero-order chi connectivity index (χ0) is 11.4. The second kappa shape index (κ2) is 4.99. The molecule has 1 N–H and O–H groups in total. The Morgan fingerprint density at radius 3 is 2.93 bits per heavy atom. The van der Waals surface area contributed by atoms with Crippen molar-refractivity contribution >= 4 is 5.97 Å². The quantitative estimate of drug-likeness (QED) is 0.551. The number of terminal acetylenes is 1. The molecular weight excluding hydrogens is 192 g/mol. The molecule has 0 saturated heterocycles. The third kappa shape index (κ3) is 2.84. The van der Waals surface area contributed by atoms with E-state index in [9.17, 15) is 9.90 Å². The molecule has 15 heavy (non-hydrogen) atoms. The van der Waals surface area contributed by atoms with Crippen LogP contribution in [-0.4, -0.2) is 23.3 Å². The standard InChI is InChI=1S/C12H16O3/c1-4-9-6-10(13)7-11(8(9)3)15-12(14)5-2/h1,10-11,13H,5-7H2,2-3H3/t10-,11+/m0/s1. The van der Waals surface area contributed by atoms with Crippen LogP contribution in [0.3, 0.4) is 0 Å². The Bertz CT molecular complexity index is 322. The second-order valence-corrected chi connectivity index (χ2v) is 3.73. The number of carbonyl (C=O) groups excluding carboxylic acids is 1. The molecule has 1 aliphatic carbocycles. The van der Waals surface area contributed by atoms with E-state index in [1.54, 1.807) is 6.92 Å². The Kier molecular flexibility index (Phi) is 3.93. The molecular formula is C12H16O3. The molecule has 1 rings (SSSR count). The topological polar surface area (TPSA) is 46.5 Å². The van der Waals surface area contributed by atoms with Crippen LogP contribution in [-0.2, 0) is 9.53 Å². The Hall–Kier alpha value is -1.27. The Morgan fingerprint density at radius 2 is 2.40 bits per heavy atom. The van der Waals surface area contributed by atoms with Crippen LogP contribution in [0.5, 0.6) is 0 Å². The van der Waals surface area contributed by atoms with E-state index in [1.807, 2.05) is 6.92 Å². The number of hydrogen-bond donors (Lipinski definition) is 1. The van der Waals surface area contributed by atoms with Gasteiger partial charge in [-0.25, -0.2) is 0 Å². The predicted molar refractivity (Wildman–Crippen MR) is 56.9 cm³/mol. The van der Waals surface area contributed by atoms with Crippen molar-refractivity contribution in [2.75, 3.05) is 0 Å². The minimum Gasteiger partial charge on any atom is -0.458 e. The molecule has 0 aliphatic heterocycles. The van der Waals surface area contributed by atoms with E-state index in [0.717, 1.165) is 11.1 Å². The summed E-state index contributed by atoms with van der Waals surface area (Å²) in [6.45, 7) is 3.59. The van der Waals surface area contributed by atoms with E-state index in [4.69, 9.17) is 11.2 Å². The lowest BCUT2D eigenvalue weighted by molar-refractivity contribution is -0.148.